The molecule has 1 aromatic carbocycles. The van der Waals surface area contributed by atoms with Crippen LogP contribution >= 0.6 is 0 Å². The van der Waals surface area contributed by atoms with E-state index in [1.807, 2.05) is 0 Å². The zero-order valence-corrected chi connectivity index (χ0v) is 10.4. The fourth-order valence-electron chi connectivity index (χ4n) is 1.76. The van der Waals surface area contributed by atoms with Crippen LogP contribution in [0.2, 0.25) is 0 Å². The molecule has 19 heavy (non-hydrogen) atoms. The van der Waals surface area contributed by atoms with Crippen LogP contribution in [0.3, 0.4) is 0 Å². The van der Waals surface area contributed by atoms with Gasteiger partial charge in [0.2, 0.25) is 5.91 Å². The standard InChI is InChI=1S/C13H16FN3O2/c14-11-6-9(13(15)17-19)3-4-10(11)7-16-12(18)5-8-1-2-8/h3-4,6,8,19H,1-2,5,7H2,(H2,15,17)(H,16,18). The zero-order valence-electron chi connectivity index (χ0n) is 10.4. The second-order valence-electron chi connectivity index (χ2n) is 4.72. The van der Waals surface area contributed by atoms with Crippen molar-refractivity contribution in [3.63, 3.8) is 0 Å². The van der Waals surface area contributed by atoms with Gasteiger partial charge in [-0.2, -0.15) is 0 Å². The van der Waals surface area contributed by atoms with Gasteiger partial charge >= 0.3 is 0 Å². The third-order valence-electron chi connectivity index (χ3n) is 3.10. The van der Waals surface area contributed by atoms with Crippen LogP contribution in [0.25, 0.3) is 0 Å². The SMILES string of the molecule is N/C(=N/O)c1ccc(CNC(=O)CC2CC2)c(F)c1. The largest absolute Gasteiger partial charge is 0.409 e. The lowest BCUT2D eigenvalue weighted by Gasteiger charge is -2.07. The van der Waals surface area contributed by atoms with Gasteiger partial charge in [0, 0.05) is 24.1 Å². The summed E-state index contributed by atoms with van der Waals surface area (Å²) in [5.41, 5.74) is 6.03. The molecule has 0 heterocycles. The van der Waals surface area contributed by atoms with Crippen LogP contribution in [-0.4, -0.2) is 17.0 Å². The zero-order chi connectivity index (χ0) is 13.8. The first kappa shape index (κ1) is 13.3. The number of hydrogen-bond donors (Lipinski definition) is 3. The van der Waals surface area contributed by atoms with E-state index in [1.165, 1.54) is 12.1 Å². The van der Waals surface area contributed by atoms with Crippen LogP contribution in [0, 0.1) is 11.7 Å². The number of amidine groups is 1. The van der Waals surface area contributed by atoms with Gasteiger partial charge in [0.15, 0.2) is 5.84 Å². The third-order valence-corrected chi connectivity index (χ3v) is 3.10. The first-order chi connectivity index (χ1) is 9.10. The number of benzene rings is 1. The first-order valence-corrected chi connectivity index (χ1v) is 6.13. The summed E-state index contributed by atoms with van der Waals surface area (Å²) in [4.78, 5) is 11.5. The van der Waals surface area contributed by atoms with Gasteiger partial charge in [0.25, 0.3) is 0 Å². The Kier molecular flexibility index (Phi) is 3.99. The molecule has 1 aliphatic carbocycles. The fourth-order valence-corrected chi connectivity index (χ4v) is 1.76. The maximum absolute atomic E-state index is 13.7. The molecule has 5 nitrogen and oxygen atoms in total. The second kappa shape index (κ2) is 5.69. The Balaban J connectivity index is 1.94. The summed E-state index contributed by atoms with van der Waals surface area (Å²) >= 11 is 0. The molecule has 0 aromatic heterocycles. The van der Waals surface area contributed by atoms with Crippen molar-refractivity contribution in [1.82, 2.24) is 5.32 Å². The number of hydrogen-bond acceptors (Lipinski definition) is 3. The molecule has 1 aromatic rings. The van der Waals surface area contributed by atoms with E-state index in [9.17, 15) is 9.18 Å². The van der Waals surface area contributed by atoms with Crippen molar-refractivity contribution in [3.05, 3.63) is 35.1 Å². The smallest absolute Gasteiger partial charge is 0.220 e. The molecule has 0 saturated heterocycles. The molecule has 6 heteroatoms. The van der Waals surface area contributed by atoms with Crippen LogP contribution in [0.15, 0.2) is 23.4 Å². The Hall–Kier alpha value is -2.11. The van der Waals surface area contributed by atoms with Crippen molar-refractivity contribution in [2.24, 2.45) is 16.8 Å². The minimum atomic E-state index is -0.490. The lowest BCUT2D eigenvalue weighted by Crippen LogP contribution is -2.23. The molecule has 1 fully saturated rings. The van der Waals surface area contributed by atoms with Crippen molar-refractivity contribution in [2.75, 3.05) is 0 Å². The molecule has 0 radical (unpaired) electrons. The number of rotatable bonds is 5. The fraction of sp³-hybridized carbons (Fsp3) is 0.385. The summed E-state index contributed by atoms with van der Waals surface area (Å²) < 4.78 is 13.7. The summed E-state index contributed by atoms with van der Waals surface area (Å²) in [6.07, 6.45) is 2.73. The number of amides is 1. The van der Waals surface area contributed by atoms with Gasteiger partial charge in [-0.15, -0.1) is 0 Å². The highest BCUT2D eigenvalue weighted by atomic mass is 19.1. The first-order valence-electron chi connectivity index (χ1n) is 6.13. The van der Waals surface area contributed by atoms with Crippen molar-refractivity contribution in [3.8, 4) is 0 Å². The number of nitrogens with zero attached hydrogens (tertiary/aromatic N) is 1. The van der Waals surface area contributed by atoms with Crippen LogP contribution < -0.4 is 11.1 Å². The van der Waals surface area contributed by atoms with E-state index in [0.717, 1.165) is 12.8 Å². The van der Waals surface area contributed by atoms with Crippen molar-refractivity contribution >= 4 is 11.7 Å². The molecule has 0 bridgehead atoms. The third kappa shape index (κ3) is 3.67. The van der Waals surface area contributed by atoms with Gasteiger partial charge in [-0.05, 0) is 24.8 Å². The van der Waals surface area contributed by atoms with Gasteiger partial charge < -0.3 is 16.3 Å². The molecule has 2 rings (SSSR count). The summed E-state index contributed by atoms with van der Waals surface area (Å²) in [6.45, 7) is 0.147. The van der Waals surface area contributed by atoms with E-state index >= 15 is 0 Å². The average Bonchev–Trinajstić information content (AvgIpc) is 3.20. The van der Waals surface area contributed by atoms with Crippen molar-refractivity contribution in [2.45, 2.75) is 25.8 Å². The minimum Gasteiger partial charge on any atom is -0.409 e. The normalized spacial score (nSPS) is 15.3. The van der Waals surface area contributed by atoms with Gasteiger partial charge in [-0.25, -0.2) is 4.39 Å². The maximum atomic E-state index is 13.7. The van der Waals surface area contributed by atoms with Crippen LogP contribution in [0.5, 0.6) is 0 Å². The molecule has 0 atom stereocenters. The van der Waals surface area contributed by atoms with E-state index in [-0.39, 0.29) is 18.3 Å². The van der Waals surface area contributed by atoms with Gasteiger partial charge in [-0.3, -0.25) is 4.79 Å². The van der Waals surface area contributed by atoms with Crippen molar-refractivity contribution < 1.29 is 14.4 Å². The molecule has 1 aliphatic rings. The average molecular weight is 265 g/mol. The molecule has 1 saturated carbocycles. The molecular formula is C13H16FN3O2. The highest BCUT2D eigenvalue weighted by molar-refractivity contribution is 5.97. The molecule has 102 valence electrons. The second-order valence-corrected chi connectivity index (χ2v) is 4.72. The highest BCUT2D eigenvalue weighted by Gasteiger charge is 2.24. The molecule has 0 aliphatic heterocycles. The quantitative estimate of drug-likeness (QED) is 0.325. The number of nitrogens with one attached hydrogen (secondary N) is 1. The predicted octanol–water partition coefficient (Wildman–Crippen LogP) is 1.34. The number of carbonyl (C=O) groups excluding carboxylic acids is 1. The van der Waals surface area contributed by atoms with E-state index < -0.39 is 5.82 Å². The number of oxime groups is 1. The topological polar surface area (TPSA) is 87.7 Å². The minimum absolute atomic E-state index is 0.0533. The maximum Gasteiger partial charge on any atom is 0.220 e. The van der Waals surface area contributed by atoms with Crippen LogP contribution in [0.1, 0.15) is 30.4 Å². The van der Waals surface area contributed by atoms with Gasteiger partial charge in [0.1, 0.15) is 5.82 Å². The van der Waals surface area contributed by atoms with E-state index in [4.69, 9.17) is 10.9 Å². The molecular weight excluding hydrogens is 249 g/mol. The molecule has 1 amide bonds. The van der Waals surface area contributed by atoms with E-state index in [2.05, 4.69) is 10.5 Å². The lowest BCUT2D eigenvalue weighted by atomic mass is 10.1. The summed E-state index contributed by atoms with van der Waals surface area (Å²) in [5, 5.41) is 14.0. The summed E-state index contributed by atoms with van der Waals surface area (Å²) in [5.74, 6) is -0.186. The number of carbonyl (C=O) groups is 1. The van der Waals surface area contributed by atoms with Gasteiger partial charge in [0.05, 0.1) is 0 Å². The van der Waals surface area contributed by atoms with Crippen molar-refractivity contribution in [1.29, 1.82) is 0 Å². The Morgan fingerprint density at radius 3 is 2.84 bits per heavy atom. The Labute approximate surface area is 110 Å². The predicted molar refractivity (Wildman–Crippen MR) is 68.1 cm³/mol. The Morgan fingerprint density at radius 2 is 2.26 bits per heavy atom. The van der Waals surface area contributed by atoms with Gasteiger partial charge in [-0.1, -0.05) is 17.3 Å². The monoisotopic (exact) mass is 265 g/mol. The summed E-state index contributed by atoms with van der Waals surface area (Å²) in [6, 6.07) is 4.23. The van der Waals surface area contributed by atoms with E-state index in [0.29, 0.717) is 23.5 Å². The molecule has 0 spiro atoms. The Bertz CT molecular complexity index is 513. The molecule has 4 N–H and O–H groups in total. The lowest BCUT2D eigenvalue weighted by molar-refractivity contribution is -0.121. The highest BCUT2D eigenvalue weighted by Crippen LogP contribution is 2.32. The van der Waals surface area contributed by atoms with E-state index in [1.54, 1.807) is 6.07 Å². The van der Waals surface area contributed by atoms with Crippen LogP contribution in [0.4, 0.5) is 4.39 Å². The summed E-state index contributed by atoms with van der Waals surface area (Å²) in [7, 11) is 0. The Morgan fingerprint density at radius 1 is 1.53 bits per heavy atom. The number of nitrogens with two attached hydrogens (primary N) is 1. The molecule has 0 unspecified atom stereocenters. The van der Waals surface area contributed by atoms with Crippen LogP contribution in [-0.2, 0) is 11.3 Å². The number of halogens is 1.